The Hall–Kier alpha value is -5.10. The molecular weight excluding hydrogens is 448 g/mol. The normalized spacial score (nSPS) is 13.1. The largest absolute Gasteiger partial charge is 0.287 e. The van der Waals surface area contributed by atoms with Gasteiger partial charge in [0.1, 0.15) is 11.4 Å². The van der Waals surface area contributed by atoms with Crippen LogP contribution in [-0.2, 0) is 0 Å². The molecule has 0 spiro atoms. The van der Waals surface area contributed by atoms with E-state index in [1.807, 2.05) is 60.7 Å². The van der Waals surface area contributed by atoms with Crippen molar-refractivity contribution in [1.29, 1.82) is 0 Å². The van der Waals surface area contributed by atoms with Gasteiger partial charge in [-0.25, -0.2) is 4.98 Å². The van der Waals surface area contributed by atoms with Crippen LogP contribution in [-0.4, -0.2) is 31.5 Å². The molecule has 0 bridgehead atoms. The van der Waals surface area contributed by atoms with Gasteiger partial charge in [-0.05, 0) is 29.0 Å². The second kappa shape index (κ2) is 6.73. The predicted octanol–water partition coefficient (Wildman–Crippen LogP) is 5.66. The fourth-order valence-corrected chi connectivity index (χ4v) is 5.51. The highest BCUT2D eigenvalue weighted by Gasteiger charge is 2.30. The number of fused-ring (bicyclic) bond motifs is 4. The van der Waals surface area contributed by atoms with Gasteiger partial charge in [0.2, 0.25) is 11.6 Å². The summed E-state index contributed by atoms with van der Waals surface area (Å²) in [5.41, 5.74) is 6.42. The van der Waals surface area contributed by atoms with Crippen molar-refractivity contribution in [3.8, 4) is 33.8 Å². The molecule has 0 aliphatic heterocycles. The molecule has 2 aromatic carbocycles. The zero-order valence-corrected chi connectivity index (χ0v) is 18.7. The van der Waals surface area contributed by atoms with Gasteiger partial charge in [-0.3, -0.25) is 24.5 Å². The lowest BCUT2D eigenvalue weighted by Crippen LogP contribution is -2.14. The van der Waals surface area contributed by atoms with Gasteiger partial charge in [-0.1, -0.05) is 48.5 Å². The second-order valence-electron chi connectivity index (χ2n) is 8.97. The van der Waals surface area contributed by atoms with Gasteiger partial charge in [-0.15, -0.1) is 0 Å². The van der Waals surface area contributed by atoms with Crippen molar-refractivity contribution in [3.05, 3.63) is 108 Å². The lowest BCUT2D eigenvalue weighted by Gasteiger charge is -2.21. The van der Waals surface area contributed by atoms with E-state index in [9.17, 15) is 9.59 Å². The zero-order valence-electron chi connectivity index (χ0n) is 18.7. The number of pyridine rings is 4. The number of ketones is 2. The first-order chi connectivity index (χ1) is 17.7. The molecule has 2 aliphatic rings. The highest BCUT2D eigenvalue weighted by atomic mass is 16.1. The molecule has 0 saturated carbocycles. The third-order valence-electron chi connectivity index (χ3n) is 7.10. The van der Waals surface area contributed by atoms with Gasteiger partial charge in [0.25, 0.3) is 0 Å². The summed E-state index contributed by atoms with van der Waals surface area (Å²) in [6, 6.07) is 20.7. The molecule has 0 N–H and O–H groups in total. The average Bonchev–Trinajstić information content (AvgIpc) is 2.94. The Kier molecular flexibility index (Phi) is 3.60. The van der Waals surface area contributed by atoms with Crippen LogP contribution in [0.25, 0.3) is 55.3 Å². The maximum atomic E-state index is 13.5. The SMILES string of the molecule is O=C1c2ccccc2-c2nccc3cc(-c4cnc5c6c(nccc46)-c4ccccc4C5=O)nc1c23. The van der Waals surface area contributed by atoms with Crippen LogP contribution < -0.4 is 0 Å². The molecule has 2 aliphatic carbocycles. The van der Waals surface area contributed by atoms with Crippen molar-refractivity contribution >= 4 is 33.1 Å². The lowest BCUT2D eigenvalue weighted by molar-refractivity contribution is 0.102. The number of aromatic nitrogens is 4. The maximum absolute atomic E-state index is 13.5. The third-order valence-corrected chi connectivity index (χ3v) is 7.10. The van der Waals surface area contributed by atoms with Crippen LogP contribution in [0, 0.1) is 0 Å². The number of carbonyl (C=O) groups excluding carboxylic acids is 2. The Balaban J connectivity index is 1.44. The molecule has 0 radical (unpaired) electrons. The Bertz CT molecular complexity index is 1990. The van der Waals surface area contributed by atoms with Crippen LogP contribution in [0.1, 0.15) is 32.1 Å². The van der Waals surface area contributed by atoms with E-state index in [-0.39, 0.29) is 11.6 Å². The summed E-state index contributed by atoms with van der Waals surface area (Å²) < 4.78 is 0. The quantitative estimate of drug-likeness (QED) is 0.313. The summed E-state index contributed by atoms with van der Waals surface area (Å²) >= 11 is 0. The smallest absolute Gasteiger partial charge is 0.212 e. The highest BCUT2D eigenvalue weighted by molar-refractivity contribution is 6.26. The summed E-state index contributed by atoms with van der Waals surface area (Å²) in [6.45, 7) is 0. The first-order valence-corrected chi connectivity index (χ1v) is 11.6. The van der Waals surface area contributed by atoms with E-state index in [1.54, 1.807) is 24.7 Å². The third kappa shape index (κ3) is 2.35. The van der Waals surface area contributed by atoms with E-state index in [4.69, 9.17) is 4.98 Å². The molecule has 8 rings (SSSR count). The average molecular weight is 462 g/mol. The van der Waals surface area contributed by atoms with Gasteiger partial charge in [0, 0.05) is 57.2 Å². The molecule has 0 unspecified atom stereocenters. The number of hydrogen-bond donors (Lipinski definition) is 0. The Morgan fingerprint density at radius 3 is 1.86 bits per heavy atom. The van der Waals surface area contributed by atoms with Crippen LogP contribution in [0.5, 0.6) is 0 Å². The van der Waals surface area contributed by atoms with E-state index >= 15 is 0 Å². The minimum Gasteiger partial charge on any atom is -0.287 e. The maximum Gasteiger partial charge on any atom is 0.212 e. The monoisotopic (exact) mass is 462 g/mol. The number of nitrogens with zero attached hydrogens (tertiary/aromatic N) is 4. The molecule has 36 heavy (non-hydrogen) atoms. The molecule has 0 atom stereocenters. The number of benzene rings is 2. The van der Waals surface area contributed by atoms with Crippen molar-refractivity contribution in [1.82, 2.24) is 19.9 Å². The minimum absolute atomic E-state index is 0.119. The van der Waals surface area contributed by atoms with E-state index < -0.39 is 0 Å². The number of hydrogen-bond acceptors (Lipinski definition) is 6. The summed E-state index contributed by atoms with van der Waals surface area (Å²) in [4.78, 5) is 45.4. The van der Waals surface area contributed by atoms with Gasteiger partial charge >= 0.3 is 0 Å². The lowest BCUT2D eigenvalue weighted by atomic mass is 9.86. The first-order valence-electron chi connectivity index (χ1n) is 11.6. The van der Waals surface area contributed by atoms with Crippen molar-refractivity contribution in [2.75, 3.05) is 0 Å². The first kappa shape index (κ1) is 19.2. The molecule has 6 aromatic rings. The Morgan fingerprint density at radius 1 is 0.528 bits per heavy atom. The number of carbonyl (C=O) groups is 2. The molecule has 6 heteroatoms. The van der Waals surface area contributed by atoms with E-state index in [2.05, 4.69) is 15.0 Å². The van der Waals surface area contributed by atoms with Crippen LogP contribution in [0.4, 0.5) is 0 Å². The van der Waals surface area contributed by atoms with Crippen LogP contribution in [0.3, 0.4) is 0 Å². The second-order valence-corrected chi connectivity index (χ2v) is 8.97. The van der Waals surface area contributed by atoms with Gasteiger partial charge in [-0.2, -0.15) is 0 Å². The van der Waals surface area contributed by atoms with E-state index in [1.165, 1.54) is 0 Å². The van der Waals surface area contributed by atoms with Crippen molar-refractivity contribution in [3.63, 3.8) is 0 Å². The Labute approximate surface area is 204 Å². The van der Waals surface area contributed by atoms with Crippen molar-refractivity contribution in [2.45, 2.75) is 0 Å². The summed E-state index contributed by atoms with van der Waals surface area (Å²) in [6.07, 6.45) is 5.18. The standard InChI is InChI=1S/C30H14N4O2/c35-29-19-7-3-2-6-18(19)26-24-16(10-12-32-26)21(14-33-27(24)29)22-13-15-9-11-31-25-17-5-1-4-8-20(17)30(36)28(34-22)23(15)25/h1-14H. The van der Waals surface area contributed by atoms with Gasteiger partial charge in [0.05, 0.1) is 17.1 Å². The number of rotatable bonds is 1. The topological polar surface area (TPSA) is 85.7 Å². The Morgan fingerprint density at radius 2 is 1.14 bits per heavy atom. The summed E-state index contributed by atoms with van der Waals surface area (Å²) in [5.74, 6) is -0.244. The van der Waals surface area contributed by atoms with Crippen LogP contribution in [0.2, 0.25) is 0 Å². The minimum atomic E-state index is -0.126. The predicted molar refractivity (Wildman–Crippen MR) is 136 cm³/mol. The molecule has 6 nitrogen and oxygen atoms in total. The fraction of sp³-hybridized carbons (Fsp3) is 0. The fourth-order valence-electron chi connectivity index (χ4n) is 5.51. The molecule has 166 valence electrons. The van der Waals surface area contributed by atoms with E-state index in [0.29, 0.717) is 33.6 Å². The molecule has 4 heterocycles. The molecular formula is C30H14N4O2. The van der Waals surface area contributed by atoms with Crippen molar-refractivity contribution < 1.29 is 9.59 Å². The molecule has 4 aromatic heterocycles. The van der Waals surface area contributed by atoms with Gasteiger partial charge < -0.3 is 0 Å². The summed E-state index contributed by atoms with van der Waals surface area (Å²) in [5, 5.41) is 3.17. The molecule has 0 amide bonds. The molecule has 0 fully saturated rings. The van der Waals surface area contributed by atoms with Crippen LogP contribution in [0.15, 0.2) is 85.3 Å². The summed E-state index contributed by atoms with van der Waals surface area (Å²) in [7, 11) is 0. The van der Waals surface area contributed by atoms with Gasteiger partial charge in [0.15, 0.2) is 0 Å². The van der Waals surface area contributed by atoms with Crippen LogP contribution >= 0.6 is 0 Å². The van der Waals surface area contributed by atoms with E-state index in [0.717, 1.165) is 44.2 Å². The van der Waals surface area contributed by atoms with Crippen molar-refractivity contribution in [2.24, 2.45) is 0 Å². The molecule has 0 saturated heterocycles. The zero-order chi connectivity index (χ0) is 24.0. The highest BCUT2D eigenvalue weighted by Crippen LogP contribution is 2.42.